The number of nitrogens with zero attached hydrogens (tertiary/aromatic N) is 2. The zero-order valence-electron chi connectivity index (χ0n) is 21.1. The first-order valence-electron chi connectivity index (χ1n) is 13.0. The van der Waals surface area contributed by atoms with Gasteiger partial charge in [-0.25, -0.2) is 0 Å². The monoisotopic (exact) mass is 524 g/mol. The van der Waals surface area contributed by atoms with Crippen LogP contribution in [-0.4, -0.2) is 18.0 Å². The lowest BCUT2D eigenvalue weighted by Crippen LogP contribution is -2.40. The lowest BCUT2D eigenvalue weighted by Gasteiger charge is -2.41. The number of halogens is 6. The van der Waals surface area contributed by atoms with E-state index >= 15 is 0 Å². The first-order valence-corrected chi connectivity index (χ1v) is 13.0. The molecule has 0 N–H and O–H groups in total. The molecular weight excluding hydrogens is 490 g/mol. The van der Waals surface area contributed by atoms with E-state index in [1.54, 1.807) is 0 Å². The van der Waals surface area contributed by atoms with Gasteiger partial charge in [0.1, 0.15) is 0 Å². The molecule has 1 aliphatic carbocycles. The van der Waals surface area contributed by atoms with Gasteiger partial charge < -0.3 is 0 Å². The molecule has 0 aromatic heterocycles. The first kappa shape index (κ1) is 29.0. The van der Waals surface area contributed by atoms with Crippen molar-refractivity contribution in [1.82, 2.24) is 4.90 Å². The number of hydrogen-bond acceptors (Lipinski definition) is 2. The third kappa shape index (κ3) is 7.07. The normalized spacial score (nSPS) is 16.9. The van der Waals surface area contributed by atoms with Crippen molar-refractivity contribution in [2.45, 2.75) is 82.6 Å². The van der Waals surface area contributed by atoms with E-state index in [0.717, 1.165) is 31.0 Å². The molecule has 2 aromatic carbocycles. The summed E-state index contributed by atoms with van der Waals surface area (Å²) in [4.78, 5) is 2.15. The van der Waals surface area contributed by atoms with Gasteiger partial charge in [0.05, 0.1) is 22.6 Å². The van der Waals surface area contributed by atoms with E-state index in [-0.39, 0.29) is 6.42 Å². The van der Waals surface area contributed by atoms with Crippen molar-refractivity contribution < 1.29 is 26.3 Å². The molecule has 0 saturated heterocycles. The summed E-state index contributed by atoms with van der Waals surface area (Å²) in [5, 5.41) is 10.5. The number of rotatable bonds is 10. The molecule has 2 nitrogen and oxygen atoms in total. The molecular formula is C29H34F6N2. The van der Waals surface area contributed by atoms with Gasteiger partial charge in [-0.2, -0.15) is 31.6 Å². The van der Waals surface area contributed by atoms with Crippen LogP contribution in [0, 0.1) is 17.2 Å². The maximum atomic E-state index is 14.2. The first-order chi connectivity index (χ1) is 17.5. The molecule has 3 rings (SSSR count). The van der Waals surface area contributed by atoms with Crippen LogP contribution in [0.3, 0.4) is 0 Å². The molecule has 0 heterocycles. The van der Waals surface area contributed by atoms with Crippen LogP contribution in [0.4, 0.5) is 26.3 Å². The molecule has 0 aliphatic heterocycles. The fraction of sp³-hybridized carbons (Fsp3) is 0.552. The SMILES string of the molecule is CCCN(CCCC(C#N)(c1c(C(F)(F)F)cccc1C(F)(F)F)C1CCCCC1)Cc1ccccc1. The Labute approximate surface area is 215 Å². The van der Waals surface area contributed by atoms with Crippen LogP contribution >= 0.6 is 0 Å². The Hall–Kier alpha value is -2.53. The standard InChI is InChI=1S/C29H34F6N2/c1-2-18-37(20-22-11-5-3-6-12-22)19-10-17-27(21-36,23-13-7-4-8-14-23)26-24(28(30,31)32)15-9-16-25(26)29(33,34)35/h3,5-6,9,11-12,15-16,23H,2,4,7-8,10,13-14,17-20H2,1H3. The second-order valence-electron chi connectivity index (χ2n) is 10.0. The summed E-state index contributed by atoms with van der Waals surface area (Å²) in [7, 11) is 0. The maximum Gasteiger partial charge on any atom is 0.416 e. The molecule has 1 fully saturated rings. The zero-order chi connectivity index (χ0) is 27.1. The van der Waals surface area contributed by atoms with Gasteiger partial charge in [-0.3, -0.25) is 4.90 Å². The molecule has 37 heavy (non-hydrogen) atoms. The predicted molar refractivity (Wildman–Crippen MR) is 132 cm³/mol. The fourth-order valence-electron chi connectivity index (χ4n) is 5.85. The molecule has 1 saturated carbocycles. The number of alkyl halides is 6. The van der Waals surface area contributed by atoms with E-state index in [9.17, 15) is 31.6 Å². The van der Waals surface area contributed by atoms with Gasteiger partial charge in [0, 0.05) is 6.54 Å². The van der Waals surface area contributed by atoms with E-state index < -0.39 is 40.4 Å². The summed E-state index contributed by atoms with van der Waals surface area (Å²) in [5.74, 6) is -0.565. The van der Waals surface area contributed by atoms with Gasteiger partial charge in [-0.15, -0.1) is 0 Å². The van der Waals surface area contributed by atoms with E-state index in [1.807, 2.05) is 37.3 Å². The highest BCUT2D eigenvalue weighted by Gasteiger charge is 2.51. The van der Waals surface area contributed by atoms with Crippen LogP contribution in [0.25, 0.3) is 0 Å². The van der Waals surface area contributed by atoms with Crippen LogP contribution in [-0.2, 0) is 24.3 Å². The van der Waals surface area contributed by atoms with Crippen LogP contribution in [0.15, 0.2) is 48.5 Å². The van der Waals surface area contributed by atoms with Crippen LogP contribution in [0.1, 0.15) is 80.5 Å². The van der Waals surface area contributed by atoms with Crippen molar-refractivity contribution in [3.8, 4) is 6.07 Å². The minimum atomic E-state index is -5.01. The molecule has 2 aromatic rings. The van der Waals surface area contributed by atoms with E-state index in [2.05, 4.69) is 11.0 Å². The predicted octanol–water partition coefficient (Wildman–Crippen LogP) is 8.76. The Morgan fingerprint density at radius 1 is 0.838 bits per heavy atom. The second kappa shape index (κ2) is 12.3. The van der Waals surface area contributed by atoms with Gasteiger partial charge in [0.25, 0.3) is 0 Å². The summed E-state index contributed by atoms with van der Waals surface area (Å²) >= 11 is 0. The molecule has 8 heteroatoms. The lowest BCUT2D eigenvalue weighted by atomic mass is 9.61. The highest BCUT2D eigenvalue weighted by Crippen LogP contribution is 2.51. The average Bonchev–Trinajstić information content (AvgIpc) is 2.86. The van der Waals surface area contributed by atoms with Crippen LogP contribution in [0.5, 0.6) is 0 Å². The van der Waals surface area contributed by atoms with Crippen LogP contribution < -0.4 is 0 Å². The molecule has 1 unspecified atom stereocenters. The summed E-state index contributed by atoms with van der Waals surface area (Å²) in [6, 6.07) is 14.0. The fourth-order valence-corrected chi connectivity index (χ4v) is 5.85. The number of nitriles is 1. The average molecular weight is 525 g/mol. The van der Waals surface area contributed by atoms with Crippen molar-refractivity contribution in [2.75, 3.05) is 13.1 Å². The number of benzene rings is 2. The van der Waals surface area contributed by atoms with Crippen molar-refractivity contribution >= 4 is 0 Å². The Kier molecular flexibility index (Phi) is 9.68. The summed E-state index contributed by atoms with van der Waals surface area (Å²) in [5.41, 5.74) is -4.36. The van der Waals surface area contributed by atoms with E-state index in [1.165, 1.54) is 0 Å². The summed E-state index contributed by atoms with van der Waals surface area (Å²) in [6.07, 6.45) is -5.75. The van der Waals surface area contributed by atoms with Gasteiger partial charge in [0.15, 0.2) is 0 Å². The quantitative estimate of drug-likeness (QED) is 0.291. The Morgan fingerprint density at radius 2 is 1.43 bits per heavy atom. The van der Waals surface area contributed by atoms with Gasteiger partial charge in [0.2, 0.25) is 0 Å². The summed E-state index contributed by atoms with van der Waals surface area (Å²) < 4.78 is 85.0. The van der Waals surface area contributed by atoms with Crippen molar-refractivity contribution in [3.63, 3.8) is 0 Å². The molecule has 1 aliphatic rings. The second-order valence-corrected chi connectivity index (χ2v) is 10.0. The van der Waals surface area contributed by atoms with Crippen molar-refractivity contribution in [3.05, 3.63) is 70.8 Å². The minimum absolute atomic E-state index is 0.0562. The Morgan fingerprint density at radius 3 is 1.95 bits per heavy atom. The number of hydrogen-bond donors (Lipinski definition) is 0. The molecule has 1 atom stereocenters. The third-order valence-corrected chi connectivity index (χ3v) is 7.46. The molecule has 0 bridgehead atoms. The van der Waals surface area contributed by atoms with Crippen molar-refractivity contribution in [2.24, 2.45) is 5.92 Å². The van der Waals surface area contributed by atoms with Crippen molar-refractivity contribution in [1.29, 1.82) is 5.26 Å². The highest BCUT2D eigenvalue weighted by molar-refractivity contribution is 5.48. The molecule has 202 valence electrons. The third-order valence-electron chi connectivity index (χ3n) is 7.46. The van der Waals surface area contributed by atoms with Crippen LogP contribution in [0.2, 0.25) is 0 Å². The Bertz CT molecular complexity index is 1000. The molecule has 0 spiro atoms. The Balaban J connectivity index is 2.03. The maximum absolute atomic E-state index is 14.2. The lowest BCUT2D eigenvalue weighted by molar-refractivity contribution is -0.145. The zero-order valence-corrected chi connectivity index (χ0v) is 21.1. The molecule has 0 radical (unpaired) electrons. The smallest absolute Gasteiger partial charge is 0.299 e. The topological polar surface area (TPSA) is 27.0 Å². The highest BCUT2D eigenvalue weighted by atomic mass is 19.4. The van der Waals surface area contributed by atoms with Gasteiger partial charge in [-0.1, -0.05) is 62.6 Å². The minimum Gasteiger partial charge on any atom is -0.299 e. The largest absolute Gasteiger partial charge is 0.416 e. The van der Waals surface area contributed by atoms with Gasteiger partial charge >= 0.3 is 12.4 Å². The van der Waals surface area contributed by atoms with E-state index in [4.69, 9.17) is 0 Å². The summed E-state index contributed by atoms with van der Waals surface area (Å²) in [6.45, 7) is 3.87. The van der Waals surface area contributed by atoms with E-state index in [0.29, 0.717) is 57.3 Å². The molecule has 0 amide bonds. The van der Waals surface area contributed by atoms with Gasteiger partial charge in [-0.05, 0) is 74.4 Å².